The van der Waals surface area contributed by atoms with E-state index in [1.807, 2.05) is 12.1 Å². The molecule has 2 fully saturated rings. The Balaban J connectivity index is 1.68. The molecule has 1 aliphatic heterocycles. The van der Waals surface area contributed by atoms with E-state index in [4.69, 9.17) is 9.15 Å². The Kier molecular flexibility index (Phi) is 3.71. The summed E-state index contributed by atoms with van der Waals surface area (Å²) in [6.07, 6.45) is 7.21. The molecule has 1 aromatic rings. The molecule has 4 heteroatoms. The molecule has 0 aromatic carbocycles. The highest BCUT2D eigenvalue weighted by molar-refractivity contribution is 5.60. The topological polar surface area (TPSA) is 42.7 Å². The highest BCUT2D eigenvalue weighted by atomic mass is 16.5. The van der Waals surface area contributed by atoms with Crippen molar-refractivity contribution in [1.29, 1.82) is 0 Å². The normalized spacial score (nSPS) is 27.6. The molecule has 2 aliphatic rings. The van der Waals surface area contributed by atoms with Gasteiger partial charge < -0.3 is 13.9 Å². The predicted molar refractivity (Wildman–Crippen MR) is 70.7 cm³/mol. The van der Waals surface area contributed by atoms with E-state index in [0.29, 0.717) is 12.6 Å². The lowest BCUT2D eigenvalue weighted by molar-refractivity contribution is -0.126. The summed E-state index contributed by atoms with van der Waals surface area (Å²) < 4.78 is 11.0. The molecule has 0 N–H and O–H groups in total. The summed E-state index contributed by atoms with van der Waals surface area (Å²) in [4.78, 5) is 13.9. The maximum Gasteiger partial charge on any atom is 0.129 e. The van der Waals surface area contributed by atoms with Gasteiger partial charge in [0, 0.05) is 19.2 Å². The van der Waals surface area contributed by atoms with Crippen LogP contribution >= 0.6 is 0 Å². The van der Waals surface area contributed by atoms with Gasteiger partial charge in [-0.1, -0.05) is 0 Å². The average Bonchev–Trinajstić information content (AvgIpc) is 3.18. The average molecular weight is 263 g/mol. The van der Waals surface area contributed by atoms with Crippen LogP contribution in [0.15, 0.2) is 22.8 Å². The van der Waals surface area contributed by atoms with Gasteiger partial charge in [-0.05, 0) is 37.8 Å². The van der Waals surface area contributed by atoms with Gasteiger partial charge in [0.25, 0.3) is 0 Å². The number of carbonyl (C=O) groups excluding carboxylic acids is 1. The first-order valence-corrected chi connectivity index (χ1v) is 7.12. The summed E-state index contributed by atoms with van der Waals surface area (Å²) in [5.41, 5.74) is -0.312. The van der Waals surface area contributed by atoms with Crippen LogP contribution in [-0.2, 0) is 16.1 Å². The van der Waals surface area contributed by atoms with Gasteiger partial charge in [0.15, 0.2) is 0 Å². The van der Waals surface area contributed by atoms with Crippen molar-refractivity contribution in [2.24, 2.45) is 5.41 Å². The SMILES string of the molecule is O=CC1(CN(Cc2ccco2)C2CC2)CCCOC1. The van der Waals surface area contributed by atoms with E-state index >= 15 is 0 Å². The zero-order valence-electron chi connectivity index (χ0n) is 11.2. The van der Waals surface area contributed by atoms with Crippen LogP contribution in [0.2, 0.25) is 0 Å². The summed E-state index contributed by atoms with van der Waals surface area (Å²) in [5.74, 6) is 0.977. The van der Waals surface area contributed by atoms with Gasteiger partial charge in [-0.25, -0.2) is 0 Å². The summed E-state index contributed by atoms with van der Waals surface area (Å²) in [6, 6.07) is 4.53. The van der Waals surface area contributed by atoms with Crippen molar-refractivity contribution in [2.75, 3.05) is 19.8 Å². The van der Waals surface area contributed by atoms with Crippen molar-refractivity contribution in [2.45, 2.75) is 38.3 Å². The maximum atomic E-state index is 11.5. The van der Waals surface area contributed by atoms with Crippen molar-refractivity contribution in [3.63, 3.8) is 0 Å². The minimum Gasteiger partial charge on any atom is -0.468 e. The lowest BCUT2D eigenvalue weighted by atomic mass is 9.83. The van der Waals surface area contributed by atoms with Gasteiger partial charge >= 0.3 is 0 Å². The number of furan rings is 1. The third kappa shape index (κ3) is 3.07. The second kappa shape index (κ2) is 5.47. The van der Waals surface area contributed by atoms with E-state index in [0.717, 1.165) is 44.6 Å². The number of hydrogen-bond acceptors (Lipinski definition) is 4. The van der Waals surface area contributed by atoms with Gasteiger partial charge in [0.1, 0.15) is 12.0 Å². The van der Waals surface area contributed by atoms with E-state index in [1.165, 1.54) is 12.8 Å². The first kappa shape index (κ1) is 12.9. The van der Waals surface area contributed by atoms with Crippen molar-refractivity contribution in [3.8, 4) is 0 Å². The lowest BCUT2D eigenvalue weighted by Gasteiger charge is -2.36. The second-order valence-electron chi connectivity index (χ2n) is 5.85. The number of nitrogens with zero attached hydrogens (tertiary/aromatic N) is 1. The van der Waals surface area contributed by atoms with Crippen molar-refractivity contribution < 1.29 is 13.9 Å². The molecule has 1 saturated heterocycles. The lowest BCUT2D eigenvalue weighted by Crippen LogP contribution is -2.44. The van der Waals surface area contributed by atoms with E-state index in [2.05, 4.69) is 4.90 Å². The number of carbonyl (C=O) groups is 1. The van der Waals surface area contributed by atoms with Gasteiger partial charge in [-0.15, -0.1) is 0 Å². The number of ether oxygens (including phenoxy) is 1. The van der Waals surface area contributed by atoms with E-state index in [9.17, 15) is 4.79 Å². The second-order valence-corrected chi connectivity index (χ2v) is 5.85. The molecular formula is C15H21NO3. The minimum absolute atomic E-state index is 0.312. The largest absolute Gasteiger partial charge is 0.468 e. The molecular weight excluding hydrogens is 242 g/mol. The van der Waals surface area contributed by atoms with Crippen LogP contribution in [0, 0.1) is 5.41 Å². The smallest absolute Gasteiger partial charge is 0.129 e. The Morgan fingerprint density at radius 1 is 1.47 bits per heavy atom. The molecule has 104 valence electrons. The Morgan fingerprint density at radius 2 is 2.37 bits per heavy atom. The zero-order valence-corrected chi connectivity index (χ0v) is 11.2. The number of hydrogen-bond donors (Lipinski definition) is 0. The van der Waals surface area contributed by atoms with Gasteiger partial charge in [0.2, 0.25) is 0 Å². The molecule has 3 rings (SSSR count). The third-order valence-electron chi connectivity index (χ3n) is 4.12. The van der Waals surface area contributed by atoms with E-state index in [-0.39, 0.29) is 5.41 Å². The Labute approximate surface area is 113 Å². The summed E-state index contributed by atoms with van der Waals surface area (Å²) in [7, 11) is 0. The van der Waals surface area contributed by atoms with Crippen LogP contribution in [0.5, 0.6) is 0 Å². The summed E-state index contributed by atoms with van der Waals surface area (Å²) >= 11 is 0. The Bertz CT molecular complexity index is 405. The van der Waals surface area contributed by atoms with Crippen LogP contribution in [0.1, 0.15) is 31.4 Å². The van der Waals surface area contributed by atoms with Crippen LogP contribution in [-0.4, -0.2) is 37.0 Å². The van der Waals surface area contributed by atoms with Gasteiger partial charge in [0.05, 0.1) is 24.8 Å². The molecule has 0 amide bonds. The van der Waals surface area contributed by atoms with E-state index in [1.54, 1.807) is 6.26 Å². The molecule has 0 radical (unpaired) electrons. The number of aldehydes is 1. The predicted octanol–water partition coefficient (Wildman–Crippen LogP) is 2.24. The van der Waals surface area contributed by atoms with Gasteiger partial charge in [-0.3, -0.25) is 4.90 Å². The van der Waals surface area contributed by atoms with Crippen LogP contribution in [0.4, 0.5) is 0 Å². The fraction of sp³-hybridized carbons (Fsp3) is 0.667. The Morgan fingerprint density at radius 3 is 2.95 bits per heavy atom. The molecule has 1 aromatic heterocycles. The monoisotopic (exact) mass is 263 g/mol. The molecule has 4 nitrogen and oxygen atoms in total. The van der Waals surface area contributed by atoms with E-state index < -0.39 is 0 Å². The molecule has 19 heavy (non-hydrogen) atoms. The van der Waals surface area contributed by atoms with Crippen molar-refractivity contribution in [3.05, 3.63) is 24.2 Å². The molecule has 0 bridgehead atoms. The summed E-state index contributed by atoms with van der Waals surface area (Å²) in [6.45, 7) is 2.95. The standard InChI is InChI=1S/C15H21NO3/c17-11-15(6-2-7-18-12-15)10-16(13-4-5-13)9-14-3-1-8-19-14/h1,3,8,11,13H,2,4-7,9-10,12H2. The zero-order chi connectivity index (χ0) is 13.1. The quantitative estimate of drug-likeness (QED) is 0.738. The Hall–Kier alpha value is -1.13. The third-order valence-corrected chi connectivity index (χ3v) is 4.12. The van der Waals surface area contributed by atoms with Crippen molar-refractivity contribution in [1.82, 2.24) is 4.90 Å². The molecule has 1 unspecified atom stereocenters. The van der Waals surface area contributed by atoms with Gasteiger partial charge in [-0.2, -0.15) is 0 Å². The minimum atomic E-state index is -0.312. The highest BCUT2D eigenvalue weighted by Crippen LogP contribution is 2.34. The van der Waals surface area contributed by atoms with Crippen LogP contribution in [0.3, 0.4) is 0 Å². The van der Waals surface area contributed by atoms with Crippen molar-refractivity contribution >= 4 is 6.29 Å². The molecule has 1 saturated carbocycles. The molecule has 1 atom stereocenters. The maximum absolute atomic E-state index is 11.5. The first-order chi connectivity index (χ1) is 9.31. The molecule has 0 spiro atoms. The molecule has 2 heterocycles. The number of rotatable bonds is 6. The highest BCUT2D eigenvalue weighted by Gasteiger charge is 2.39. The fourth-order valence-corrected chi connectivity index (χ4v) is 2.89. The molecule has 1 aliphatic carbocycles. The van der Waals surface area contributed by atoms with Crippen LogP contribution in [0.25, 0.3) is 0 Å². The van der Waals surface area contributed by atoms with Crippen LogP contribution < -0.4 is 0 Å². The fourth-order valence-electron chi connectivity index (χ4n) is 2.89. The first-order valence-electron chi connectivity index (χ1n) is 7.12. The summed E-state index contributed by atoms with van der Waals surface area (Å²) in [5, 5.41) is 0.